The number of carbonyl (C=O) groups is 1. The SMILES string of the molecule is CN1CCN(C(=O)CNCC2CCN(C3CC3)C2)CC1. The molecule has 1 atom stereocenters. The molecule has 5 nitrogen and oxygen atoms in total. The third-order valence-corrected chi connectivity index (χ3v) is 4.95. The smallest absolute Gasteiger partial charge is 0.236 e. The zero-order chi connectivity index (χ0) is 13.9. The van der Waals surface area contributed by atoms with Gasteiger partial charge in [-0.2, -0.15) is 0 Å². The van der Waals surface area contributed by atoms with Crippen LogP contribution in [0.3, 0.4) is 0 Å². The average Bonchev–Trinajstić information content (AvgIpc) is 3.20. The van der Waals surface area contributed by atoms with Crippen LogP contribution in [0.5, 0.6) is 0 Å². The van der Waals surface area contributed by atoms with Gasteiger partial charge in [-0.05, 0) is 45.3 Å². The lowest BCUT2D eigenvalue weighted by molar-refractivity contribution is -0.131. The summed E-state index contributed by atoms with van der Waals surface area (Å²) in [6.07, 6.45) is 4.11. The summed E-state index contributed by atoms with van der Waals surface area (Å²) in [5.74, 6) is 1.02. The molecule has 0 aromatic rings. The Morgan fingerprint density at radius 3 is 2.55 bits per heavy atom. The highest BCUT2D eigenvalue weighted by Gasteiger charge is 2.34. The lowest BCUT2D eigenvalue weighted by atomic mass is 10.1. The fourth-order valence-corrected chi connectivity index (χ4v) is 3.35. The van der Waals surface area contributed by atoms with Gasteiger partial charge in [-0.15, -0.1) is 0 Å². The standard InChI is InChI=1S/C15H28N4O/c1-17-6-8-18(9-7-17)15(20)11-16-10-13-4-5-19(12-13)14-2-3-14/h13-14,16H,2-12H2,1H3. The molecular weight excluding hydrogens is 252 g/mol. The number of hydrogen-bond acceptors (Lipinski definition) is 4. The molecule has 3 rings (SSSR count). The first-order valence-electron chi connectivity index (χ1n) is 8.13. The van der Waals surface area contributed by atoms with Crippen molar-refractivity contribution in [3.8, 4) is 0 Å². The van der Waals surface area contributed by atoms with E-state index in [0.717, 1.165) is 44.7 Å². The molecule has 2 heterocycles. The lowest BCUT2D eigenvalue weighted by Gasteiger charge is -2.32. The molecule has 1 amide bonds. The van der Waals surface area contributed by atoms with Crippen LogP contribution in [0.25, 0.3) is 0 Å². The summed E-state index contributed by atoms with van der Waals surface area (Å²) in [5.41, 5.74) is 0. The molecule has 2 aliphatic heterocycles. The largest absolute Gasteiger partial charge is 0.339 e. The maximum Gasteiger partial charge on any atom is 0.236 e. The molecule has 20 heavy (non-hydrogen) atoms. The summed E-state index contributed by atoms with van der Waals surface area (Å²) < 4.78 is 0. The Morgan fingerprint density at radius 1 is 1.10 bits per heavy atom. The molecular formula is C15H28N4O. The Labute approximate surface area is 122 Å². The summed E-state index contributed by atoms with van der Waals surface area (Å²) in [6.45, 7) is 7.80. The quantitative estimate of drug-likeness (QED) is 0.759. The first-order valence-corrected chi connectivity index (χ1v) is 8.13. The molecule has 0 aromatic heterocycles. The number of amides is 1. The van der Waals surface area contributed by atoms with Crippen molar-refractivity contribution in [2.24, 2.45) is 5.92 Å². The molecule has 1 saturated carbocycles. The molecule has 3 fully saturated rings. The van der Waals surface area contributed by atoms with E-state index in [-0.39, 0.29) is 5.91 Å². The minimum Gasteiger partial charge on any atom is -0.339 e. The van der Waals surface area contributed by atoms with E-state index in [9.17, 15) is 4.79 Å². The Kier molecular flexibility index (Phi) is 4.58. The summed E-state index contributed by atoms with van der Waals surface area (Å²) in [4.78, 5) is 19.0. The van der Waals surface area contributed by atoms with Gasteiger partial charge in [0.2, 0.25) is 5.91 Å². The van der Waals surface area contributed by atoms with Crippen LogP contribution in [0.4, 0.5) is 0 Å². The van der Waals surface area contributed by atoms with E-state index in [2.05, 4.69) is 22.2 Å². The van der Waals surface area contributed by atoms with E-state index in [1.165, 1.54) is 32.4 Å². The second kappa shape index (κ2) is 6.41. The molecule has 2 saturated heterocycles. The van der Waals surface area contributed by atoms with Gasteiger partial charge in [0.25, 0.3) is 0 Å². The van der Waals surface area contributed by atoms with E-state index in [1.54, 1.807) is 0 Å². The van der Waals surface area contributed by atoms with Crippen LogP contribution in [0, 0.1) is 5.92 Å². The van der Waals surface area contributed by atoms with Crippen molar-refractivity contribution in [3.05, 3.63) is 0 Å². The van der Waals surface area contributed by atoms with E-state index < -0.39 is 0 Å². The first-order chi connectivity index (χ1) is 9.72. The van der Waals surface area contributed by atoms with Crippen molar-refractivity contribution in [1.29, 1.82) is 0 Å². The summed E-state index contributed by atoms with van der Waals surface area (Å²) >= 11 is 0. The van der Waals surface area contributed by atoms with Gasteiger partial charge in [-0.25, -0.2) is 0 Å². The summed E-state index contributed by atoms with van der Waals surface area (Å²) in [7, 11) is 2.12. The summed E-state index contributed by atoms with van der Waals surface area (Å²) in [5, 5.41) is 3.38. The normalized spacial score (nSPS) is 29.1. The fourth-order valence-electron chi connectivity index (χ4n) is 3.35. The zero-order valence-electron chi connectivity index (χ0n) is 12.7. The van der Waals surface area contributed by atoms with Crippen molar-refractivity contribution >= 4 is 5.91 Å². The molecule has 0 spiro atoms. The zero-order valence-corrected chi connectivity index (χ0v) is 12.7. The van der Waals surface area contributed by atoms with Gasteiger partial charge in [-0.1, -0.05) is 0 Å². The number of nitrogens with one attached hydrogen (secondary N) is 1. The maximum atomic E-state index is 12.1. The predicted octanol–water partition coefficient (Wildman–Crippen LogP) is -0.166. The van der Waals surface area contributed by atoms with Gasteiger partial charge in [0.1, 0.15) is 0 Å². The predicted molar refractivity (Wildman–Crippen MR) is 79.6 cm³/mol. The number of rotatable bonds is 5. The maximum absolute atomic E-state index is 12.1. The molecule has 1 aliphatic carbocycles. The molecule has 3 aliphatic rings. The molecule has 5 heteroatoms. The Balaban J connectivity index is 1.30. The van der Waals surface area contributed by atoms with Crippen LogP contribution < -0.4 is 5.32 Å². The van der Waals surface area contributed by atoms with Crippen LogP contribution in [-0.4, -0.2) is 86.1 Å². The molecule has 1 unspecified atom stereocenters. The highest BCUT2D eigenvalue weighted by atomic mass is 16.2. The summed E-state index contributed by atoms with van der Waals surface area (Å²) in [6, 6.07) is 0.895. The van der Waals surface area contributed by atoms with Crippen LogP contribution in [0.1, 0.15) is 19.3 Å². The lowest BCUT2D eigenvalue weighted by Crippen LogP contribution is -2.49. The third kappa shape index (κ3) is 3.71. The van der Waals surface area contributed by atoms with Crippen molar-refractivity contribution in [1.82, 2.24) is 20.0 Å². The highest BCUT2D eigenvalue weighted by Crippen LogP contribution is 2.31. The van der Waals surface area contributed by atoms with E-state index >= 15 is 0 Å². The molecule has 0 bridgehead atoms. The van der Waals surface area contributed by atoms with Gasteiger partial charge >= 0.3 is 0 Å². The van der Waals surface area contributed by atoms with Crippen molar-refractivity contribution in [3.63, 3.8) is 0 Å². The molecule has 0 aromatic carbocycles. The van der Waals surface area contributed by atoms with E-state index in [4.69, 9.17) is 0 Å². The van der Waals surface area contributed by atoms with Gasteiger partial charge in [0.15, 0.2) is 0 Å². The Bertz CT molecular complexity index is 337. The highest BCUT2D eigenvalue weighted by molar-refractivity contribution is 5.78. The van der Waals surface area contributed by atoms with Crippen molar-refractivity contribution in [2.75, 3.05) is 59.4 Å². The number of hydrogen-bond donors (Lipinski definition) is 1. The van der Waals surface area contributed by atoms with Crippen LogP contribution in [-0.2, 0) is 4.79 Å². The fraction of sp³-hybridized carbons (Fsp3) is 0.933. The third-order valence-electron chi connectivity index (χ3n) is 4.95. The number of carbonyl (C=O) groups excluding carboxylic acids is 1. The van der Waals surface area contributed by atoms with Gasteiger partial charge < -0.3 is 20.0 Å². The molecule has 1 N–H and O–H groups in total. The second-order valence-corrected chi connectivity index (χ2v) is 6.70. The average molecular weight is 280 g/mol. The molecule has 0 radical (unpaired) electrons. The number of likely N-dealkylation sites (N-methyl/N-ethyl adjacent to an activating group) is 1. The van der Waals surface area contributed by atoms with Gasteiger partial charge in [-0.3, -0.25) is 4.79 Å². The van der Waals surface area contributed by atoms with Gasteiger partial charge in [0, 0.05) is 38.8 Å². The monoisotopic (exact) mass is 280 g/mol. The van der Waals surface area contributed by atoms with E-state index in [0.29, 0.717) is 6.54 Å². The minimum absolute atomic E-state index is 0.273. The number of likely N-dealkylation sites (tertiary alicyclic amines) is 1. The Hall–Kier alpha value is -0.650. The van der Waals surface area contributed by atoms with Gasteiger partial charge in [0.05, 0.1) is 6.54 Å². The van der Waals surface area contributed by atoms with Crippen molar-refractivity contribution in [2.45, 2.75) is 25.3 Å². The van der Waals surface area contributed by atoms with Crippen LogP contribution in [0.15, 0.2) is 0 Å². The second-order valence-electron chi connectivity index (χ2n) is 6.70. The number of piperazine rings is 1. The minimum atomic E-state index is 0.273. The van der Waals surface area contributed by atoms with Crippen LogP contribution in [0.2, 0.25) is 0 Å². The van der Waals surface area contributed by atoms with Crippen LogP contribution >= 0.6 is 0 Å². The van der Waals surface area contributed by atoms with E-state index in [1.807, 2.05) is 4.90 Å². The topological polar surface area (TPSA) is 38.8 Å². The van der Waals surface area contributed by atoms with Crippen molar-refractivity contribution < 1.29 is 4.79 Å². The molecule has 114 valence electrons. The Morgan fingerprint density at radius 2 is 1.85 bits per heavy atom. The number of nitrogens with zero attached hydrogens (tertiary/aromatic N) is 3. The first kappa shape index (κ1) is 14.3.